The quantitative estimate of drug-likeness (QED) is 0.154. The summed E-state index contributed by atoms with van der Waals surface area (Å²) in [5, 5.41) is 109. The van der Waals surface area contributed by atoms with Gasteiger partial charge in [0.05, 0.1) is 19.8 Å². The van der Waals surface area contributed by atoms with Crippen molar-refractivity contribution in [1.29, 1.82) is 0 Å². The molecule has 3 rings (SSSR count). The number of hydrogen-bond acceptors (Lipinski definition) is 16. The Labute approximate surface area is 192 Å². The fourth-order valence-corrected chi connectivity index (χ4v) is 4.04. The van der Waals surface area contributed by atoms with E-state index in [4.69, 9.17) is 23.7 Å². The van der Waals surface area contributed by atoms with E-state index in [2.05, 4.69) is 0 Å². The zero-order valence-corrected chi connectivity index (χ0v) is 17.7. The van der Waals surface area contributed by atoms with Crippen molar-refractivity contribution in [2.75, 3.05) is 19.8 Å². The minimum atomic E-state index is -1.89. The second-order valence-electron chi connectivity index (χ2n) is 8.33. The lowest BCUT2D eigenvalue weighted by Crippen LogP contribution is -2.66. The zero-order valence-electron chi connectivity index (χ0n) is 17.7. The molecule has 16 heteroatoms. The molecule has 0 radical (unpaired) electrons. The summed E-state index contributed by atoms with van der Waals surface area (Å²) in [6, 6.07) is 0. The van der Waals surface area contributed by atoms with E-state index in [-0.39, 0.29) is 0 Å². The fourth-order valence-electron chi connectivity index (χ4n) is 4.04. The Balaban J connectivity index is 1.84. The average Bonchev–Trinajstić information content (AvgIpc) is 2.83. The van der Waals surface area contributed by atoms with Crippen molar-refractivity contribution in [3.05, 3.63) is 0 Å². The molecule has 3 fully saturated rings. The van der Waals surface area contributed by atoms with Crippen molar-refractivity contribution in [2.45, 2.75) is 92.1 Å². The fraction of sp³-hybridized carbons (Fsp3) is 1.00. The van der Waals surface area contributed by atoms with Crippen LogP contribution < -0.4 is 0 Å². The summed E-state index contributed by atoms with van der Waals surface area (Å²) in [5.74, 6) is 0. The van der Waals surface area contributed by atoms with Gasteiger partial charge in [0, 0.05) is 0 Å². The first-order valence-corrected chi connectivity index (χ1v) is 10.6. The van der Waals surface area contributed by atoms with Gasteiger partial charge in [-0.05, 0) is 0 Å². The van der Waals surface area contributed by atoms with Crippen LogP contribution in [0.5, 0.6) is 0 Å². The summed E-state index contributed by atoms with van der Waals surface area (Å²) >= 11 is 0. The van der Waals surface area contributed by atoms with Gasteiger partial charge in [-0.3, -0.25) is 0 Å². The molecule has 3 heterocycles. The molecule has 0 bridgehead atoms. The van der Waals surface area contributed by atoms with Gasteiger partial charge in [0.25, 0.3) is 0 Å². The lowest BCUT2D eigenvalue weighted by atomic mass is 9.96. The van der Waals surface area contributed by atoms with Crippen LogP contribution in [-0.4, -0.2) is 168 Å². The monoisotopic (exact) mass is 504 g/mol. The highest BCUT2D eigenvalue weighted by Crippen LogP contribution is 2.32. The Morgan fingerprint density at radius 2 is 0.912 bits per heavy atom. The van der Waals surface area contributed by atoms with Crippen LogP contribution in [0.2, 0.25) is 0 Å². The summed E-state index contributed by atoms with van der Waals surface area (Å²) in [7, 11) is 0. The van der Waals surface area contributed by atoms with E-state index < -0.39 is 112 Å². The number of aliphatic hydroxyl groups is 11. The Kier molecular flexibility index (Phi) is 9.54. The van der Waals surface area contributed by atoms with E-state index in [0.29, 0.717) is 0 Å². The van der Waals surface area contributed by atoms with Crippen LogP contribution in [0.25, 0.3) is 0 Å². The SMILES string of the molecule is OC[C@H]1O[C@H](O[C@H]2[C@@H](O[C@H]3[C@H](O)[C@@H](O)C(O)O[C@@H]3CO)O[C@H](CO)[C@@H](O)[C@@H]2O)[C@H](O)[C@@H](O)[C@@H]1O. The van der Waals surface area contributed by atoms with E-state index in [0.717, 1.165) is 0 Å². The molecule has 0 aromatic heterocycles. The van der Waals surface area contributed by atoms with Gasteiger partial charge in [0.15, 0.2) is 18.9 Å². The number of aliphatic hydroxyl groups excluding tert-OH is 11. The Bertz CT molecular complexity index is 637. The number of hydrogen-bond donors (Lipinski definition) is 11. The first kappa shape index (κ1) is 27.9. The number of ether oxygens (including phenoxy) is 5. The van der Waals surface area contributed by atoms with E-state index >= 15 is 0 Å². The van der Waals surface area contributed by atoms with Crippen molar-refractivity contribution in [3.63, 3.8) is 0 Å². The molecular formula is C18H32O16. The normalized spacial score (nSPS) is 52.5. The topological polar surface area (TPSA) is 269 Å². The average molecular weight is 504 g/mol. The maximum Gasteiger partial charge on any atom is 0.187 e. The van der Waals surface area contributed by atoms with E-state index in [1.165, 1.54) is 0 Å². The second kappa shape index (κ2) is 11.6. The summed E-state index contributed by atoms with van der Waals surface area (Å²) in [4.78, 5) is 0. The van der Waals surface area contributed by atoms with Crippen molar-refractivity contribution in [1.82, 2.24) is 0 Å². The van der Waals surface area contributed by atoms with Crippen LogP contribution in [0.4, 0.5) is 0 Å². The lowest BCUT2D eigenvalue weighted by molar-refractivity contribution is -0.387. The third-order valence-corrected chi connectivity index (χ3v) is 6.09. The second-order valence-corrected chi connectivity index (χ2v) is 8.33. The van der Waals surface area contributed by atoms with E-state index in [9.17, 15) is 56.2 Å². The molecule has 16 nitrogen and oxygen atoms in total. The smallest absolute Gasteiger partial charge is 0.187 e. The number of rotatable bonds is 7. The minimum absolute atomic E-state index is 0.770. The molecule has 34 heavy (non-hydrogen) atoms. The first-order valence-electron chi connectivity index (χ1n) is 10.6. The standard InChI is InChI=1S/C18H32O16/c19-1-4-7(22)9(24)13(28)17(31-4)34-15-10(25)8(23)5(2-20)32-18(15)33-14-6(3-21)30-16(29)12(27)11(14)26/h4-29H,1-3H2/t4-,5-,6-,7-,8-,9+,10+,11-,12-,13-,14-,15-,16?,17-,18-/m1/s1. The Hall–Kier alpha value is -0.640. The summed E-state index contributed by atoms with van der Waals surface area (Å²) in [6.45, 7) is -2.35. The van der Waals surface area contributed by atoms with E-state index in [1.54, 1.807) is 0 Å². The summed E-state index contributed by atoms with van der Waals surface area (Å²) < 4.78 is 26.7. The molecule has 11 N–H and O–H groups in total. The molecule has 3 aliphatic rings. The van der Waals surface area contributed by atoms with Gasteiger partial charge in [-0.1, -0.05) is 0 Å². The molecule has 0 amide bonds. The molecule has 0 aromatic carbocycles. The molecule has 1 unspecified atom stereocenters. The lowest BCUT2D eigenvalue weighted by Gasteiger charge is -2.48. The molecule has 15 atom stereocenters. The van der Waals surface area contributed by atoms with Gasteiger partial charge in [0.2, 0.25) is 0 Å². The van der Waals surface area contributed by atoms with Gasteiger partial charge in [-0.25, -0.2) is 0 Å². The largest absolute Gasteiger partial charge is 0.394 e. The van der Waals surface area contributed by atoms with Crippen LogP contribution in [0.15, 0.2) is 0 Å². The van der Waals surface area contributed by atoms with E-state index in [1.807, 2.05) is 0 Å². The molecule has 0 saturated carbocycles. The predicted octanol–water partition coefficient (Wildman–Crippen LogP) is -7.57. The molecule has 3 saturated heterocycles. The maximum atomic E-state index is 10.6. The maximum absolute atomic E-state index is 10.6. The van der Waals surface area contributed by atoms with Crippen molar-refractivity contribution < 1.29 is 79.9 Å². The summed E-state index contributed by atoms with van der Waals surface area (Å²) in [6.07, 6.45) is -25.6. The summed E-state index contributed by atoms with van der Waals surface area (Å²) in [5.41, 5.74) is 0. The van der Waals surface area contributed by atoms with Gasteiger partial charge in [-0.2, -0.15) is 0 Å². The molecule has 3 aliphatic heterocycles. The van der Waals surface area contributed by atoms with Crippen LogP contribution in [0.1, 0.15) is 0 Å². The molecule has 200 valence electrons. The highest BCUT2D eigenvalue weighted by molar-refractivity contribution is 4.96. The van der Waals surface area contributed by atoms with Crippen molar-refractivity contribution >= 4 is 0 Å². The third-order valence-electron chi connectivity index (χ3n) is 6.09. The Morgan fingerprint density at radius 1 is 0.441 bits per heavy atom. The molecular weight excluding hydrogens is 472 g/mol. The molecule has 0 aliphatic carbocycles. The molecule has 0 spiro atoms. The van der Waals surface area contributed by atoms with Crippen LogP contribution >= 0.6 is 0 Å². The third kappa shape index (κ3) is 5.37. The van der Waals surface area contributed by atoms with Gasteiger partial charge in [-0.15, -0.1) is 0 Å². The van der Waals surface area contributed by atoms with Crippen molar-refractivity contribution in [3.8, 4) is 0 Å². The van der Waals surface area contributed by atoms with Gasteiger partial charge >= 0.3 is 0 Å². The van der Waals surface area contributed by atoms with Gasteiger partial charge in [0.1, 0.15) is 73.2 Å². The molecule has 0 aromatic rings. The highest BCUT2D eigenvalue weighted by atomic mass is 16.8. The van der Waals surface area contributed by atoms with Crippen LogP contribution in [0, 0.1) is 0 Å². The zero-order chi connectivity index (χ0) is 25.3. The predicted molar refractivity (Wildman–Crippen MR) is 101 cm³/mol. The van der Waals surface area contributed by atoms with Crippen LogP contribution in [-0.2, 0) is 23.7 Å². The van der Waals surface area contributed by atoms with Gasteiger partial charge < -0.3 is 79.9 Å². The minimum Gasteiger partial charge on any atom is -0.394 e. The highest BCUT2D eigenvalue weighted by Gasteiger charge is 2.53. The van der Waals surface area contributed by atoms with Crippen molar-refractivity contribution in [2.24, 2.45) is 0 Å². The van der Waals surface area contributed by atoms with Crippen LogP contribution in [0.3, 0.4) is 0 Å². The Morgan fingerprint density at radius 3 is 1.47 bits per heavy atom. The first-order chi connectivity index (χ1) is 16.0.